The second-order valence-corrected chi connectivity index (χ2v) is 7.95. The Kier molecular flexibility index (Phi) is 10.6. The standard InChI is InChI=1S/C18H25ClF2N2O2.C2HF3O2/c19-14-3-1-13(2-4-14)9-16-11-24-17(12-25-18(20)21)10-23(16)15-5-7-22-8-6-15;3-2(4,5)1(6)7/h1-4,15-18,22H,5-12H2;(H,6,7)/t16-,17+;/m0./s1. The minimum atomic E-state index is -5.08. The lowest BCUT2D eigenvalue weighted by molar-refractivity contribution is -0.192. The summed E-state index contributed by atoms with van der Waals surface area (Å²) in [7, 11) is 0. The molecule has 2 N–H and O–H groups in total. The van der Waals surface area contributed by atoms with E-state index in [1.165, 1.54) is 5.56 Å². The summed E-state index contributed by atoms with van der Waals surface area (Å²) in [6.07, 6.45) is -2.38. The molecule has 2 atom stereocenters. The Morgan fingerprint density at radius 2 is 1.84 bits per heavy atom. The number of benzene rings is 1. The average molecular weight is 489 g/mol. The van der Waals surface area contributed by atoms with Crippen LogP contribution in [0.25, 0.3) is 0 Å². The van der Waals surface area contributed by atoms with E-state index in [4.69, 9.17) is 26.2 Å². The van der Waals surface area contributed by atoms with Crippen LogP contribution in [0.4, 0.5) is 22.0 Å². The highest BCUT2D eigenvalue weighted by molar-refractivity contribution is 6.30. The third-order valence-electron chi connectivity index (χ3n) is 5.22. The van der Waals surface area contributed by atoms with Crippen molar-refractivity contribution in [2.24, 2.45) is 0 Å². The van der Waals surface area contributed by atoms with E-state index in [1.807, 2.05) is 24.3 Å². The summed E-state index contributed by atoms with van der Waals surface area (Å²) >= 11 is 5.97. The molecule has 0 radical (unpaired) electrons. The molecule has 3 rings (SSSR count). The molecule has 32 heavy (non-hydrogen) atoms. The molecule has 0 aliphatic carbocycles. The SMILES string of the molecule is FC(F)OC[C@H]1CN(C2CCNCC2)[C@@H](Cc2ccc(Cl)cc2)CO1.O=C(O)C(F)(F)F. The fourth-order valence-corrected chi connectivity index (χ4v) is 3.84. The molecule has 2 fully saturated rings. The molecule has 2 aliphatic heterocycles. The summed E-state index contributed by atoms with van der Waals surface area (Å²) in [5.41, 5.74) is 1.21. The number of piperidine rings is 1. The number of carboxylic acid groups (broad SMARTS) is 1. The maximum Gasteiger partial charge on any atom is 0.490 e. The second kappa shape index (κ2) is 12.6. The van der Waals surface area contributed by atoms with E-state index in [0.717, 1.165) is 37.4 Å². The van der Waals surface area contributed by atoms with Crippen LogP contribution in [0.1, 0.15) is 18.4 Å². The highest BCUT2D eigenvalue weighted by Gasteiger charge is 2.38. The van der Waals surface area contributed by atoms with Crippen molar-refractivity contribution in [3.8, 4) is 0 Å². The Morgan fingerprint density at radius 3 is 2.38 bits per heavy atom. The van der Waals surface area contributed by atoms with Crippen molar-refractivity contribution < 1.29 is 41.3 Å². The van der Waals surface area contributed by atoms with Gasteiger partial charge in [0.2, 0.25) is 0 Å². The lowest BCUT2D eigenvalue weighted by Gasteiger charge is -2.45. The van der Waals surface area contributed by atoms with Gasteiger partial charge in [0.25, 0.3) is 0 Å². The van der Waals surface area contributed by atoms with Crippen LogP contribution >= 0.6 is 11.6 Å². The van der Waals surface area contributed by atoms with Crippen LogP contribution in [0.5, 0.6) is 0 Å². The number of hydrogen-bond acceptors (Lipinski definition) is 5. The van der Waals surface area contributed by atoms with Crippen LogP contribution < -0.4 is 5.32 Å². The van der Waals surface area contributed by atoms with Gasteiger partial charge < -0.3 is 19.9 Å². The van der Waals surface area contributed by atoms with E-state index in [-0.39, 0.29) is 18.8 Å². The third-order valence-corrected chi connectivity index (χ3v) is 5.47. The maximum atomic E-state index is 12.3. The minimum Gasteiger partial charge on any atom is -0.475 e. The molecular weight excluding hydrogens is 463 g/mol. The number of morpholine rings is 1. The molecular formula is C20H26ClF5N2O4. The number of carbonyl (C=O) groups is 1. The molecule has 12 heteroatoms. The van der Waals surface area contributed by atoms with Crippen molar-refractivity contribution in [1.29, 1.82) is 0 Å². The van der Waals surface area contributed by atoms with Crippen molar-refractivity contribution in [2.45, 2.75) is 50.2 Å². The van der Waals surface area contributed by atoms with Gasteiger partial charge >= 0.3 is 18.8 Å². The quantitative estimate of drug-likeness (QED) is 0.597. The molecule has 182 valence electrons. The predicted molar refractivity (Wildman–Crippen MR) is 107 cm³/mol. The molecule has 0 saturated carbocycles. The van der Waals surface area contributed by atoms with Crippen LogP contribution in [0.15, 0.2) is 24.3 Å². The molecule has 0 aromatic heterocycles. The zero-order chi connectivity index (χ0) is 23.7. The first-order chi connectivity index (χ1) is 15.1. The zero-order valence-corrected chi connectivity index (χ0v) is 17.9. The maximum absolute atomic E-state index is 12.3. The predicted octanol–water partition coefficient (Wildman–Crippen LogP) is 3.58. The second-order valence-electron chi connectivity index (χ2n) is 7.51. The summed E-state index contributed by atoms with van der Waals surface area (Å²) < 4.78 is 66.7. The number of halogens is 6. The number of ether oxygens (including phenoxy) is 2. The first kappa shape index (κ1) is 26.7. The summed E-state index contributed by atoms with van der Waals surface area (Å²) in [5, 5.41) is 11.2. The monoisotopic (exact) mass is 488 g/mol. The minimum absolute atomic E-state index is 0.0627. The van der Waals surface area contributed by atoms with E-state index in [2.05, 4.69) is 15.0 Å². The van der Waals surface area contributed by atoms with Gasteiger partial charge in [0.1, 0.15) is 0 Å². The summed E-state index contributed by atoms with van der Waals surface area (Å²) in [5.74, 6) is -2.76. The molecule has 2 aliphatic rings. The van der Waals surface area contributed by atoms with Crippen molar-refractivity contribution in [3.63, 3.8) is 0 Å². The molecule has 0 bridgehead atoms. The van der Waals surface area contributed by atoms with Gasteiger partial charge in [0, 0.05) is 23.7 Å². The van der Waals surface area contributed by atoms with E-state index in [9.17, 15) is 22.0 Å². The van der Waals surface area contributed by atoms with Crippen LogP contribution in [-0.2, 0) is 20.7 Å². The molecule has 6 nitrogen and oxygen atoms in total. The molecule has 0 spiro atoms. The average Bonchev–Trinajstić information content (AvgIpc) is 2.75. The van der Waals surface area contributed by atoms with Gasteiger partial charge in [-0.1, -0.05) is 23.7 Å². The number of nitrogens with zero attached hydrogens (tertiary/aromatic N) is 1. The van der Waals surface area contributed by atoms with E-state index >= 15 is 0 Å². The van der Waals surface area contributed by atoms with E-state index in [0.29, 0.717) is 19.2 Å². The number of alkyl halides is 5. The fourth-order valence-electron chi connectivity index (χ4n) is 3.71. The van der Waals surface area contributed by atoms with Crippen molar-refractivity contribution >= 4 is 17.6 Å². The highest BCUT2D eigenvalue weighted by atomic mass is 35.5. The number of hydrogen-bond donors (Lipinski definition) is 2. The van der Waals surface area contributed by atoms with Crippen molar-refractivity contribution in [2.75, 3.05) is 32.8 Å². The molecule has 2 saturated heterocycles. The van der Waals surface area contributed by atoms with Crippen LogP contribution in [0.2, 0.25) is 5.02 Å². The Hall–Kier alpha value is -1.53. The summed E-state index contributed by atoms with van der Waals surface area (Å²) in [6, 6.07) is 8.57. The normalized spacial score (nSPS) is 23.0. The van der Waals surface area contributed by atoms with Crippen molar-refractivity contribution in [3.05, 3.63) is 34.9 Å². The summed E-state index contributed by atoms with van der Waals surface area (Å²) in [6.45, 7) is 0.344. The molecule has 1 aromatic carbocycles. The number of rotatable bonds is 6. The van der Waals surface area contributed by atoms with Gasteiger partial charge in [-0.15, -0.1) is 0 Å². The van der Waals surface area contributed by atoms with Gasteiger partial charge in [-0.3, -0.25) is 4.90 Å². The number of nitrogens with one attached hydrogen (secondary N) is 1. The zero-order valence-electron chi connectivity index (χ0n) is 17.2. The van der Waals surface area contributed by atoms with Crippen molar-refractivity contribution in [1.82, 2.24) is 10.2 Å². The number of aliphatic carboxylic acids is 1. The first-order valence-electron chi connectivity index (χ1n) is 10.1. The van der Waals surface area contributed by atoms with E-state index in [1.54, 1.807) is 0 Å². The molecule has 0 amide bonds. The van der Waals surface area contributed by atoms with Gasteiger partial charge in [-0.2, -0.15) is 22.0 Å². The van der Waals surface area contributed by atoms with Gasteiger partial charge in [0.05, 0.1) is 19.3 Å². The van der Waals surface area contributed by atoms with Gasteiger partial charge in [0.15, 0.2) is 0 Å². The molecule has 2 heterocycles. The largest absolute Gasteiger partial charge is 0.490 e. The van der Waals surface area contributed by atoms with Gasteiger partial charge in [-0.25, -0.2) is 4.79 Å². The Labute approximate surface area is 187 Å². The lowest BCUT2D eigenvalue weighted by atomic mass is 9.97. The first-order valence-corrected chi connectivity index (χ1v) is 10.5. The van der Waals surface area contributed by atoms with Crippen LogP contribution in [0, 0.1) is 0 Å². The Morgan fingerprint density at radius 1 is 1.25 bits per heavy atom. The van der Waals surface area contributed by atoms with E-state index < -0.39 is 18.8 Å². The Bertz CT molecular complexity index is 702. The number of carboxylic acids is 1. The Balaban J connectivity index is 0.000000451. The smallest absolute Gasteiger partial charge is 0.475 e. The molecule has 1 aromatic rings. The lowest BCUT2D eigenvalue weighted by Crippen LogP contribution is -2.57. The fraction of sp³-hybridized carbons (Fsp3) is 0.650. The van der Waals surface area contributed by atoms with Crippen LogP contribution in [-0.4, -0.2) is 79.8 Å². The topological polar surface area (TPSA) is 71.0 Å². The summed E-state index contributed by atoms with van der Waals surface area (Å²) in [4.78, 5) is 11.3. The van der Waals surface area contributed by atoms with Gasteiger partial charge in [-0.05, 0) is 50.0 Å². The third kappa shape index (κ3) is 9.14. The highest BCUT2D eigenvalue weighted by Crippen LogP contribution is 2.24. The van der Waals surface area contributed by atoms with Crippen LogP contribution in [0.3, 0.4) is 0 Å². The molecule has 0 unspecified atom stereocenters.